The van der Waals surface area contributed by atoms with Crippen molar-refractivity contribution in [2.45, 2.75) is 13.5 Å². The predicted octanol–water partition coefficient (Wildman–Crippen LogP) is 4.91. The highest BCUT2D eigenvalue weighted by atomic mass is 19.1. The minimum atomic E-state index is -0.615. The maximum Gasteiger partial charge on any atom is 0.258 e. The molecule has 1 aromatic heterocycles. The van der Waals surface area contributed by atoms with Gasteiger partial charge >= 0.3 is 0 Å². The Bertz CT molecular complexity index is 1310. The lowest BCUT2D eigenvalue weighted by Gasteiger charge is -2.14. The van der Waals surface area contributed by atoms with Crippen LogP contribution >= 0.6 is 0 Å². The number of carbonyl (C=O) groups excluding carboxylic acids is 2. The van der Waals surface area contributed by atoms with Crippen LogP contribution in [0.25, 0.3) is 0 Å². The number of anilines is 2. The lowest BCUT2D eigenvalue weighted by Crippen LogP contribution is -2.17. The van der Waals surface area contributed by atoms with Crippen LogP contribution in [0.4, 0.5) is 15.8 Å². The van der Waals surface area contributed by atoms with E-state index in [1.165, 1.54) is 18.2 Å². The summed E-state index contributed by atoms with van der Waals surface area (Å²) in [5.41, 5.74) is 1.95. The second-order valence-corrected chi connectivity index (χ2v) is 7.56. The van der Waals surface area contributed by atoms with Crippen molar-refractivity contribution in [3.8, 4) is 5.75 Å². The van der Waals surface area contributed by atoms with Crippen molar-refractivity contribution < 1.29 is 18.7 Å². The molecule has 7 nitrogen and oxygen atoms in total. The lowest BCUT2D eigenvalue weighted by molar-refractivity contribution is 0.101. The number of para-hydroxylation sites is 2. The molecular weight excluding hydrogens is 435 g/mol. The molecule has 3 aromatic carbocycles. The summed E-state index contributed by atoms with van der Waals surface area (Å²) in [5, 5.41) is 5.54. The number of ether oxygens (including phenoxy) is 1. The third-order valence-electron chi connectivity index (χ3n) is 5.17. The number of nitrogens with one attached hydrogen (secondary N) is 2. The van der Waals surface area contributed by atoms with Gasteiger partial charge in [0.25, 0.3) is 11.8 Å². The van der Waals surface area contributed by atoms with E-state index in [0.29, 0.717) is 35.8 Å². The molecule has 4 rings (SSSR count). The third-order valence-corrected chi connectivity index (χ3v) is 5.17. The first-order valence-electron chi connectivity index (χ1n) is 10.7. The first-order chi connectivity index (χ1) is 16.5. The number of amides is 2. The Balaban J connectivity index is 1.45. The van der Waals surface area contributed by atoms with Gasteiger partial charge in [-0.25, -0.2) is 9.37 Å². The number of hydrogen-bond donors (Lipinski definition) is 2. The monoisotopic (exact) mass is 458 g/mol. The summed E-state index contributed by atoms with van der Waals surface area (Å²) in [4.78, 5) is 29.5. The van der Waals surface area contributed by atoms with Gasteiger partial charge in [-0.2, -0.15) is 0 Å². The quantitative estimate of drug-likeness (QED) is 0.393. The van der Waals surface area contributed by atoms with Crippen LogP contribution in [0.15, 0.2) is 85.5 Å². The zero-order chi connectivity index (χ0) is 23.9. The fraction of sp³-hybridized carbons (Fsp3) is 0.115. The average molecular weight is 458 g/mol. The molecule has 0 atom stereocenters. The highest BCUT2D eigenvalue weighted by molar-refractivity contribution is 6.08. The van der Waals surface area contributed by atoms with Crippen LogP contribution in [0.5, 0.6) is 5.75 Å². The first kappa shape index (κ1) is 22.7. The van der Waals surface area contributed by atoms with Gasteiger partial charge in [-0.15, -0.1) is 0 Å². The molecule has 4 aromatic rings. The Kier molecular flexibility index (Phi) is 6.98. The van der Waals surface area contributed by atoms with Crippen molar-refractivity contribution in [1.29, 1.82) is 0 Å². The summed E-state index contributed by atoms with van der Waals surface area (Å²) < 4.78 is 21.7. The van der Waals surface area contributed by atoms with Crippen LogP contribution in [0.2, 0.25) is 0 Å². The van der Waals surface area contributed by atoms with Crippen LogP contribution in [0.3, 0.4) is 0 Å². The van der Waals surface area contributed by atoms with Crippen molar-refractivity contribution in [3.63, 3.8) is 0 Å². The number of carbonyl (C=O) groups is 2. The molecule has 8 heteroatoms. The normalized spacial score (nSPS) is 10.5. The van der Waals surface area contributed by atoms with Gasteiger partial charge in [0.15, 0.2) is 0 Å². The van der Waals surface area contributed by atoms with E-state index >= 15 is 0 Å². The van der Waals surface area contributed by atoms with E-state index in [2.05, 4.69) is 15.6 Å². The van der Waals surface area contributed by atoms with Gasteiger partial charge in [0.05, 0.1) is 24.1 Å². The smallest absolute Gasteiger partial charge is 0.258 e. The average Bonchev–Trinajstić information content (AvgIpc) is 3.35. The SMILES string of the molecule is Cc1ccc(C(=O)Nc2ccccc2OCCn2ccnc2)cc1NC(=O)c1ccccc1F. The summed E-state index contributed by atoms with van der Waals surface area (Å²) in [7, 11) is 0. The number of imidazole rings is 1. The molecule has 0 unspecified atom stereocenters. The Morgan fingerprint density at radius 1 is 0.971 bits per heavy atom. The van der Waals surface area contributed by atoms with Gasteiger partial charge in [-0.1, -0.05) is 30.3 Å². The zero-order valence-electron chi connectivity index (χ0n) is 18.5. The first-order valence-corrected chi connectivity index (χ1v) is 10.7. The maximum atomic E-state index is 14.0. The van der Waals surface area contributed by atoms with E-state index in [9.17, 15) is 14.0 Å². The van der Waals surface area contributed by atoms with E-state index < -0.39 is 11.7 Å². The summed E-state index contributed by atoms with van der Waals surface area (Å²) in [6, 6.07) is 17.8. The molecule has 1 heterocycles. The van der Waals surface area contributed by atoms with E-state index in [-0.39, 0.29) is 11.5 Å². The number of nitrogens with zero attached hydrogens (tertiary/aromatic N) is 2. The summed E-state index contributed by atoms with van der Waals surface area (Å²) in [6.07, 6.45) is 5.25. The molecule has 0 radical (unpaired) electrons. The molecule has 0 saturated carbocycles. The molecule has 0 fully saturated rings. The van der Waals surface area contributed by atoms with E-state index in [4.69, 9.17) is 4.74 Å². The van der Waals surface area contributed by atoms with Crippen molar-refractivity contribution in [1.82, 2.24) is 9.55 Å². The molecule has 2 amide bonds. The number of rotatable bonds is 8. The second kappa shape index (κ2) is 10.4. The Morgan fingerprint density at radius 3 is 2.53 bits per heavy atom. The number of halogens is 1. The molecule has 0 aliphatic carbocycles. The van der Waals surface area contributed by atoms with Crippen LogP contribution in [-0.4, -0.2) is 28.0 Å². The van der Waals surface area contributed by atoms with Crippen molar-refractivity contribution in [2.75, 3.05) is 17.2 Å². The van der Waals surface area contributed by atoms with Crippen LogP contribution in [0, 0.1) is 12.7 Å². The summed E-state index contributed by atoms with van der Waals surface area (Å²) in [6.45, 7) is 2.81. The van der Waals surface area contributed by atoms with Gasteiger partial charge in [0.2, 0.25) is 0 Å². The van der Waals surface area contributed by atoms with Crippen LogP contribution in [0.1, 0.15) is 26.3 Å². The number of aryl methyl sites for hydroxylation is 1. The Morgan fingerprint density at radius 2 is 1.74 bits per heavy atom. The molecule has 0 aliphatic rings. The lowest BCUT2D eigenvalue weighted by atomic mass is 10.1. The Labute approximate surface area is 196 Å². The zero-order valence-corrected chi connectivity index (χ0v) is 18.5. The molecule has 34 heavy (non-hydrogen) atoms. The number of benzene rings is 3. The molecular formula is C26H23FN4O3. The maximum absolute atomic E-state index is 14.0. The second-order valence-electron chi connectivity index (χ2n) is 7.56. The topological polar surface area (TPSA) is 85.2 Å². The highest BCUT2D eigenvalue weighted by Crippen LogP contribution is 2.25. The van der Waals surface area contributed by atoms with E-state index in [1.54, 1.807) is 61.9 Å². The summed E-state index contributed by atoms with van der Waals surface area (Å²) >= 11 is 0. The molecule has 0 spiro atoms. The molecule has 172 valence electrons. The fourth-order valence-corrected chi connectivity index (χ4v) is 3.30. The highest BCUT2D eigenvalue weighted by Gasteiger charge is 2.15. The number of aromatic nitrogens is 2. The van der Waals surface area contributed by atoms with Gasteiger partial charge < -0.3 is 19.9 Å². The van der Waals surface area contributed by atoms with Gasteiger partial charge in [-0.3, -0.25) is 9.59 Å². The number of hydrogen-bond acceptors (Lipinski definition) is 4. The third kappa shape index (κ3) is 5.47. The van der Waals surface area contributed by atoms with Crippen molar-refractivity contribution >= 4 is 23.2 Å². The molecule has 0 bridgehead atoms. The minimum Gasteiger partial charge on any atom is -0.490 e. The van der Waals surface area contributed by atoms with Gasteiger partial charge in [-0.05, 0) is 48.9 Å². The van der Waals surface area contributed by atoms with Gasteiger partial charge in [0, 0.05) is 23.6 Å². The Hall–Kier alpha value is -4.46. The minimum absolute atomic E-state index is 0.0708. The van der Waals surface area contributed by atoms with Gasteiger partial charge in [0.1, 0.15) is 18.2 Å². The standard InChI is InChI=1S/C26H23FN4O3/c1-18-10-11-19(16-23(18)30-26(33)20-6-2-3-7-21(20)27)25(32)29-22-8-4-5-9-24(22)34-15-14-31-13-12-28-17-31/h2-13,16-17H,14-15H2,1H3,(H,29,32)(H,30,33). The molecule has 0 aliphatic heterocycles. The van der Waals surface area contributed by atoms with E-state index in [0.717, 1.165) is 5.56 Å². The van der Waals surface area contributed by atoms with Crippen molar-refractivity contribution in [3.05, 3.63) is 108 Å². The van der Waals surface area contributed by atoms with Crippen molar-refractivity contribution in [2.24, 2.45) is 0 Å². The van der Waals surface area contributed by atoms with Crippen LogP contribution < -0.4 is 15.4 Å². The van der Waals surface area contributed by atoms with E-state index in [1.807, 2.05) is 16.8 Å². The summed E-state index contributed by atoms with van der Waals surface area (Å²) in [5.74, 6) is -1.03. The molecule has 0 saturated heterocycles. The fourth-order valence-electron chi connectivity index (χ4n) is 3.30. The molecule has 2 N–H and O–H groups in total. The largest absolute Gasteiger partial charge is 0.490 e. The predicted molar refractivity (Wildman–Crippen MR) is 128 cm³/mol. The van der Waals surface area contributed by atoms with Crippen LogP contribution in [-0.2, 0) is 6.54 Å².